The standard InChI is InChI=1S/C22H28Cl3N2O3/c1-26(2)11-13-27(3,4)12-5-6-22(28)30-21-15-17(24)8-10-20(21)29-19-9-7-16(23)14-18(19)25/h7-10,14-15H,5-6,11-13H2,1-4H3/q+1. The van der Waals surface area contributed by atoms with E-state index in [0.29, 0.717) is 33.0 Å². The molecule has 0 spiro atoms. The first-order chi connectivity index (χ1) is 14.1. The number of rotatable bonds is 10. The van der Waals surface area contributed by atoms with Crippen molar-refractivity contribution in [1.29, 1.82) is 0 Å². The van der Waals surface area contributed by atoms with Gasteiger partial charge in [0, 0.05) is 29.1 Å². The van der Waals surface area contributed by atoms with Gasteiger partial charge < -0.3 is 18.9 Å². The second-order valence-electron chi connectivity index (χ2n) is 8.03. The normalized spacial score (nSPS) is 11.6. The number of likely N-dealkylation sites (N-methyl/N-ethyl adjacent to an activating group) is 2. The van der Waals surface area contributed by atoms with Gasteiger partial charge in [-0.25, -0.2) is 0 Å². The van der Waals surface area contributed by atoms with Crippen molar-refractivity contribution in [3.05, 3.63) is 51.5 Å². The number of benzene rings is 2. The average molecular weight is 475 g/mol. The van der Waals surface area contributed by atoms with Gasteiger partial charge in [-0.2, -0.15) is 0 Å². The summed E-state index contributed by atoms with van der Waals surface area (Å²) in [5.74, 6) is 0.663. The van der Waals surface area contributed by atoms with Gasteiger partial charge in [0.25, 0.3) is 0 Å². The molecule has 0 aliphatic carbocycles. The molecule has 2 aromatic carbocycles. The van der Waals surface area contributed by atoms with Crippen LogP contribution in [0.3, 0.4) is 0 Å². The van der Waals surface area contributed by atoms with Crippen LogP contribution in [-0.4, -0.2) is 63.2 Å². The molecule has 0 amide bonds. The molecule has 8 heteroatoms. The van der Waals surface area contributed by atoms with Gasteiger partial charge in [-0.1, -0.05) is 34.8 Å². The van der Waals surface area contributed by atoms with Crippen LogP contribution in [0.5, 0.6) is 17.2 Å². The van der Waals surface area contributed by atoms with Crippen LogP contribution in [0.25, 0.3) is 0 Å². The largest absolute Gasteiger partial charge is 0.452 e. The van der Waals surface area contributed by atoms with Crippen LogP contribution in [0.1, 0.15) is 12.8 Å². The van der Waals surface area contributed by atoms with E-state index in [1.165, 1.54) is 0 Å². The molecule has 5 nitrogen and oxygen atoms in total. The van der Waals surface area contributed by atoms with Gasteiger partial charge in [0.05, 0.1) is 38.6 Å². The Balaban J connectivity index is 1.98. The highest BCUT2D eigenvalue weighted by atomic mass is 35.5. The molecule has 0 radical (unpaired) electrons. The number of quaternary nitrogens is 1. The van der Waals surface area contributed by atoms with E-state index in [2.05, 4.69) is 33.1 Å². The first-order valence-electron chi connectivity index (χ1n) is 9.65. The maximum Gasteiger partial charge on any atom is 0.311 e. The molecule has 0 fully saturated rings. The average Bonchev–Trinajstić information content (AvgIpc) is 2.64. The van der Waals surface area contributed by atoms with E-state index in [1.54, 1.807) is 36.4 Å². The topological polar surface area (TPSA) is 38.8 Å². The molecule has 0 aromatic heterocycles. The predicted molar refractivity (Wildman–Crippen MR) is 123 cm³/mol. The molecule has 2 aromatic rings. The Morgan fingerprint density at radius 1 is 0.933 bits per heavy atom. The van der Waals surface area contributed by atoms with Gasteiger partial charge in [-0.3, -0.25) is 4.79 Å². The molecule has 164 valence electrons. The lowest BCUT2D eigenvalue weighted by Gasteiger charge is -2.30. The number of hydrogen-bond donors (Lipinski definition) is 0. The first-order valence-corrected chi connectivity index (χ1v) is 10.8. The van der Waals surface area contributed by atoms with Crippen molar-refractivity contribution < 1.29 is 18.8 Å². The van der Waals surface area contributed by atoms with Crippen LogP contribution in [0.4, 0.5) is 0 Å². The lowest BCUT2D eigenvalue weighted by atomic mass is 10.2. The number of carbonyl (C=O) groups is 1. The Kier molecular flexibility index (Phi) is 9.26. The highest BCUT2D eigenvalue weighted by Gasteiger charge is 2.18. The summed E-state index contributed by atoms with van der Waals surface area (Å²) in [6, 6.07) is 9.74. The van der Waals surface area contributed by atoms with Crippen molar-refractivity contribution in [2.24, 2.45) is 0 Å². The zero-order valence-electron chi connectivity index (χ0n) is 17.8. The van der Waals surface area contributed by atoms with Crippen molar-refractivity contribution in [3.63, 3.8) is 0 Å². The molecule has 0 unspecified atom stereocenters. The Morgan fingerprint density at radius 3 is 2.20 bits per heavy atom. The number of halogens is 3. The zero-order valence-corrected chi connectivity index (χ0v) is 20.0. The van der Waals surface area contributed by atoms with Crippen LogP contribution in [0, 0.1) is 0 Å². The summed E-state index contributed by atoms with van der Waals surface area (Å²) in [4.78, 5) is 14.6. The van der Waals surface area contributed by atoms with E-state index in [-0.39, 0.29) is 11.7 Å². The number of hydrogen-bond acceptors (Lipinski definition) is 4. The highest BCUT2D eigenvalue weighted by molar-refractivity contribution is 6.35. The quantitative estimate of drug-likeness (QED) is 0.249. The number of nitrogens with zero attached hydrogens (tertiary/aromatic N) is 2. The lowest BCUT2D eigenvalue weighted by molar-refractivity contribution is -0.889. The summed E-state index contributed by atoms with van der Waals surface area (Å²) in [6.07, 6.45) is 1.02. The fourth-order valence-electron chi connectivity index (χ4n) is 2.73. The van der Waals surface area contributed by atoms with E-state index in [9.17, 15) is 4.79 Å². The molecule has 0 bridgehead atoms. The molecule has 0 aliphatic heterocycles. The van der Waals surface area contributed by atoms with Crippen LogP contribution >= 0.6 is 34.8 Å². The second kappa shape index (κ2) is 11.2. The molecule has 0 aliphatic rings. The van der Waals surface area contributed by atoms with E-state index in [1.807, 2.05) is 0 Å². The van der Waals surface area contributed by atoms with Crippen molar-refractivity contribution in [2.45, 2.75) is 12.8 Å². The van der Waals surface area contributed by atoms with E-state index >= 15 is 0 Å². The molecular weight excluding hydrogens is 447 g/mol. The van der Waals surface area contributed by atoms with Gasteiger partial charge in [-0.15, -0.1) is 0 Å². The fourth-order valence-corrected chi connectivity index (χ4v) is 3.34. The summed E-state index contributed by atoms with van der Waals surface area (Å²) in [6.45, 7) is 2.88. The van der Waals surface area contributed by atoms with Crippen molar-refractivity contribution in [3.8, 4) is 17.2 Å². The van der Waals surface area contributed by atoms with Crippen molar-refractivity contribution in [2.75, 3.05) is 47.8 Å². The predicted octanol–water partition coefficient (Wildman–Crippen LogP) is 5.76. The number of esters is 1. The molecular formula is C22H28Cl3N2O3+. The molecule has 0 heterocycles. The van der Waals surface area contributed by atoms with Crippen molar-refractivity contribution in [1.82, 2.24) is 4.90 Å². The molecule has 0 saturated carbocycles. The van der Waals surface area contributed by atoms with Gasteiger partial charge in [0.1, 0.15) is 5.75 Å². The Morgan fingerprint density at radius 2 is 1.57 bits per heavy atom. The third-order valence-electron chi connectivity index (χ3n) is 4.54. The molecule has 30 heavy (non-hydrogen) atoms. The van der Waals surface area contributed by atoms with Crippen LogP contribution in [-0.2, 0) is 4.79 Å². The molecule has 2 rings (SSSR count). The monoisotopic (exact) mass is 473 g/mol. The van der Waals surface area contributed by atoms with Gasteiger partial charge in [0.15, 0.2) is 11.5 Å². The van der Waals surface area contributed by atoms with E-state index in [4.69, 9.17) is 44.3 Å². The lowest BCUT2D eigenvalue weighted by Crippen LogP contribution is -2.45. The second-order valence-corrected chi connectivity index (χ2v) is 9.31. The Hall–Kier alpha value is -1.50. The van der Waals surface area contributed by atoms with Gasteiger partial charge >= 0.3 is 5.97 Å². The Bertz CT molecular complexity index is 873. The summed E-state index contributed by atoms with van der Waals surface area (Å²) in [7, 11) is 8.43. The molecule has 0 saturated heterocycles. The van der Waals surface area contributed by atoms with Crippen LogP contribution in [0.15, 0.2) is 36.4 Å². The summed E-state index contributed by atoms with van der Waals surface area (Å²) < 4.78 is 12.2. The maximum absolute atomic E-state index is 12.4. The summed E-state index contributed by atoms with van der Waals surface area (Å²) >= 11 is 18.2. The minimum Gasteiger partial charge on any atom is -0.452 e. The van der Waals surface area contributed by atoms with Crippen LogP contribution in [0.2, 0.25) is 15.1 Å². The third-order valence-corrected chi connectivity index (χ3v) is 5.31. The zero-order chi connectivity index (χ0) is 22.3. The fraction of sp³-hybridized carbons (Fsp3) is 0.409. The summed E-state index contributed by atoms with van der Waals surface area (Å²) in [5.41, 5.74) is 0. The van der Waals surface area contributed by atoms with Gasteiger partial charge in [-0.05, 0) is 44.4 Å². The molecule has 0 N–H and O–H groups in total. The molecule has 0 atom stereocenters. The van der Waals surface area contributed by atoms with E-state index in [0.717, 1.165) is 30.5 Å². The number of carbonyl (C=O) groups excluding carboxylic acids is 1. The maximum atomic E-state index is 12.4. The number of ether oxygens (including phenoxy) is 2. The van der Waals surface area contributed by atoms with E-state index < -0.39 is 0 Å². The minimum absolute atomic E-state index is 0.250. The van der Waals surface area contributed by atoms with Crippen molar-refractivity contribution >= 4 is 40.8 Å². The smallest absolute Gasteiger partial charge is 0.311 e. The highest BCUT2D eigenvalue weighted by Crippen LogP contribution is 2.37. The minimum atomic E-state index is -0.336. The summed E-state index contributed by atoms with van der Waals surface area (Å²) in [5, 5.41) is 1.29. The van der Waals surface area contributed by atoms with Crippen LogP contribution < -0.4 is 9.47 Å². The SMILES string of the molecule is CN(C)CC[N+](C)(C)CCCC(=O)Oc1cc(Cl)ccc1Oc1ccc(Cl)cc1Cl. The first kappa shape index (κ1) is 24.8. The third kappa shape index (κ3) is 8.32. The van der Waals surface area contributed by atoms with Gasteiger partial charge in [0.2, 0.25) is 0 Å². The Labute approximate surface area is 193 Å².